The van der Waals surface area contributed by atoms with Gasteiger partial charge < -0.3 is 15.4 Å². The molecule has 2 N–H and O–H groups in total. The number of hydrogen-bond donors (Lipinski definition) is 1. The molecular weight excluding hydrogens is 211 g/mol. The molecule has 1 rings (SSSR count). The number of likely N-dealkylation sites (N-methyl/N-ethyl adjacent to an activating group) is 1. The van der Waals surface area contributed by atoms with Gasteiger partial charge in [-0.1, -0.05) is 0 Å². The third-order valence-corrected chi connectivity index (χ3v) is 2.23. The van der Waals surface area contributed by atoms with E-state index in [9.17, 15) is 9.18 Å². The first-order chi connectivity index (χ1) is 7.54. The SMILES string of the molecule is CCN(C)C(=O)COc1ccc(N)c(F)c1. The normalized spacial score (nSPS) is 9.94. The number of nitrogen functional groups attached to an aromatic ring is 1. The highest BCUT2D eigenvalue weighted by Crippen LogP contribution is 2.17. The van der Waals surface area contributed by atoms with E-state index in [1.165, 1.54) is 17.0 Å². The second kappa shape index (κ2) is 5.34. The lowest BCUT2D eigenvalue weighted by Gasteiger charge is -2.14. The first-order valence-electron chi connectivity index (χ1n) is 4.96. The van der Waals surface area contributed by atoms with Crippen molar-refractivity contribution >= 4 is 11.6 Å². The number of ether oxygens (including phenoxy) is 1. The predicted octanol–water partition coefficient (Wildman–Crippen LogP) is 1.26. The van der Waals surface area contributed by atoms with Crippen LogP contribution in [0, 0.1) is 5.82 Å². The molecule has 0 bridgehead atoms. The van der Waals surface area contributed by atoms with Crippen LogP contribution in [0.5, 0.6) is 5.75 Å². The number of carbonyl (C=O) groups is 1. The van der Waals surface area contributed by atoms with Crippen LogP contribution in [0.4, 0.5) is 10.1 Å². The van der Waals surface area contributed by atoms with Crippen molar-refractivity contribution in [3.05, 3.63) is 24.0 Å². The molecule has 88 valence electrons. The van der Waals surface area contributed by atoms with Gasteiger partial charge in [0.15, 0.2) is 6.61 Å². The van der Waals surface area contributed by atoms with Crippen LogP contribution in [-0.2, 0) is 4.79 Å². The standard InChI is InChI=1S/C11H15FN2O2/c1-3-14(2)11(15)7-16-8-4-5-10(13)9(12)6-8/h4-6H,3,7,13H2,1-2H3. The molecule has 0 saturated heterocycles. The van der Waals surface area contributed by atoms with E-state index in [1.54, 1.807) is 7.05 Å². The van der Waals surface area contributed by atoms with Gasteiger partial charge in [-0.2, -0.15) is 0 Å². The zero-order valence-electron chi connectivity index (χ0n) is 9.37. The summed E-state index contributed by atoms with van der Waals surface area (Å²) in [7, 11) is 1.68. The Kier molecular flexibility index (Phi) is 4.10. The van der Waals surface area contributed by atoms with Crippen LogP contribution in [-0.4, -0.2) is 31.0 Å². The van der Waals surface area contributed by atoms with E-state index < -0.39 is 5.82 Å². The van der Waals surface area contributed by atoms with Gasteiger partial charge in [-0.15, -0.1) is 0 Å². The number of benzene rings is 1. The summed E-state index contributed by atoms with van der Waals surface area (Å²) >= 11 is 0. The van der Waals surface area contributed by atoms with Crippen LogP contribution in [0.2, 0.25) is 0 Å². The summed E-state index contributed by atoms with van der Waals surface area (Å²) in [5.41, 5.74) is 5.37. The number of carbonyl (C=O) groups excluding carboxylic acids is 1. The molecular formula is C11H15FN2O2. The van der Waals surface area contributed by atoms with Gasteiger partial charge in [-0.25, -0.2) is 4.39 Å². The van der Waals surface area contributed by atoms with Gasteiger partial charge in [-0.05, 0) is 19.1 Å². The third-order valence-electron chi connectivity index (χ3n) is 2.23. The van der Waals surface area contributed by atoms with Crippen molar-refractivity contribution < 1.29 is 13.9 Å². The monoisotopic (exact) mass is 226 g/mol. The second-order valence-electron chi connectivity index (χ2n) is 3.38. The molecule has 1 aromatic rings. The lowest BCUT2D eigenvalue weighted by molar-refractivity contribution is -0.131. The number of rotatable bonds is 4. The molecule has 1 aromatic carbocycles. The zero-order chi connectivity index (χ0) is 12.1. The molecule has 0 radical (unpaired) electrons. The molecule has 0 saturated carbocycles. The summed E-state index contributed by atoms with van der Waals surface area (Å²) in [6, 6.07) is 4.09. The molecule has 0 aromatic heterocycles. The highest BCUT2D eigenvalue weighted by atomic mass is 19.1. The van der Waals surface area contributed by atoms with E-state index in [4.69, 9.17) is 10.5 Å². The van der Waals surface area contributed by atoms with E-state index in [2.05, 4.69) is 0 Å². The van der Waals surface area contributed by atoms with Crippen LogP contribution in [0.3, 0.4) is 0 Å². The second-order valence-corrected chi connectivity index (χ2v) is 3.38. The average Bonchev–Trinajstić information content (AvgIpc) is 2.29. The van der Waals surface area contributed by atoms with E-state index in [0.29, 0.717) is 12.3 Å². The first kappa shape index (κ1) is 12.3. The first-order valence-corrected chi connectivity index (χ1v) is 4.96. The Balaban J connectivity index is 2.55. The maximum Gasteiger partial charge on any atom is 0.260 e. The maximum atomic E-state index is 13.0. The fourth-order valence-electron chi connectivity index (χ4n) is 1.03. The Morgan fingerprint density at radius 2 is 2.25 bits per heavy atom. The van der Waals surface area contributed by atoms with Crippen molar-refractivity contribution in [1.82, 2.24) is 4.90 Å². The molecule has 0 spiro atoms. The minimum absolute atomic E-state index is 0.0596. The Morgan fingerprint density at radius 3 is 2.81 bits per heavy atom. The highest BCUT2D eigenvalue weighted by Gasteiger charge is 2.08. The summed E-state index contributed by atoms with van der Waals surface area (Å²) in [5.74, 6) is -0.405. The fourth-order valence-corrected chi connectivity index (χ4v) is 1.03. The number of nitrogens with two attached hydrogens (primary N) is 1. The van der Waals surface area contributed by atoms with E-state index in [1.807, 2.05) is 6.92 Å². The number of nitrogens with zero attached hydrogens (tertiary/aromatic N) is 1. The van der Waals surface area contributed by atoms with Crippen molar-refractivity contribution in [2.45, 2.75) is 6.92 Å². The minimum atomic E-state index is -0.547. The Morgan fingerprint density at radius 1 is 1.56 bits per heavy atom. The van der Waals surface area contributed by atoms with Gasteiger partial charge >= 0.3 is 0 Å². The van der Waals surface area contributed by atoms with Gasteiger partial charge in [0.05, 0.1) is 5.69 Å². The van der Waals surface area contributed by atoms with Crippen LogP contribution in [0.15, 0.2) is 18.2 Å². The molecule has 0 heterocycles. The Bertz CT molecular complexity index is 382. The molecule has 0 atom stereocenters. The molecule has 0 aliphatic rings. The highest BCUT2D eigenvalue weighted by molar-refractivity contribution is 5.77. The van der Waals surface area contributed by atoms with Gasteiger partial charge in [0, 0.05) is 19.7 Å². The molecule has 16 heavy (non-hydrogen) atoms. The number of hydrogen-bond acceptors (Lipinski definition) is 3. The van der Waals surface area contributed by atoms with Crippen LogP contribution in [0.25, 0.3) is 0 Å². The number of anilines is 1. The molecule has 0 aliphatic heterocycles. The van der Waals surface area contributed by atoms with E-state index >= 15 is 0 Å². The number of halogens is 1. The van der Waals surface area contributed by atoms with Crippen LogP contribution >= 0.6 is 0 Å². The third kappa shape index (κ3) is 3.12. The number of amides is 1. The summed E-state index contributed by atoms with van der Waals surface area (Å²) < 4.78 is 18.2. The summed E-state index contributed by atoms with van der Waals surface area (Å²) in [5, 5.41) is 0. The fraction of sp³-hybridized carbons (Fsp3) is 0.364. The maximum absolute atomic E-state index is 13.0. The van der Waals surface area contributed by atoms with Crippen LogP contribution < -0.4 is 10.5 Å². The quantitative estimate of drug-likeness (QED) is 0.786. The lowest BCUT2D eigenvalue weighted by atomic mass is 10.3. The van der Waals surface area contributed by atoms with E-state index in [-0.39, 0.29) is 18.2 Å². The van der Waals surface area contributed by atoms with Crippen molar-refractivity contribution in [3.63, 3.8) is 0 Å². The largest absolute Gasteiger partial charge is 0.484 e. The topological polar surface area (TPSA) is 55.6 Å². The Hall–Kier alpha value is -1.78. The molecule has 0 aliphatic carbocycles. The van der Waals surface area contributed by atoms with Gasteiger partial charge in [0.2, 0.25) is 0 Å². The van der Waals surface area contributed by atoms with Crippen molar-refractivity contribution in [2.24, 2.45) is 0 Å². The van der Waals surface area contributed by atoms with Gasteiger partial charge in [-0.3, -0.25) is 4.79 Å². The lowest BCUT2D eigenvalue weighted by Crippen LogP contribution is -2.31. The van der Waals surface area contributed by atoms with Gasteiger partial charge in [0.25, 0.3) is 5.91 Å². The van der Waals surface area contributed by atoms with Gasteiger partial charge in [0.1, 0.15) is 11.6 Å². The molecule has 0 fully saturated rings. The molecule has 4 nitrogen and oxygen atoms in total. The van der Waals surface area contributed by atoms with E-state index in [0.717, 1.165) is 6.07 Å². The summed E-state index contributed by atoms with van der Waals surface area (Å²) in [6.45, 7) is 2.37. The summed E-state index contributed by atoms with van der Waals surface area (Å²) in [4.78, 5) is 12.9. The minimum Gasteiger partial charge on any atom is -0.484 e. The molecule has 0 unspecified atom stereocenters. The predicted molar refractivity (Wildman–Crippen MR) is 59.6 cm³/mol. The molecule has 5 heteroatoms. The zero-order valence-corrected chi connectivity index (χ0v) is 9.37. The smallest absolute Gasteiger partial charge is 0.260 e. The Labute approximate surface area is 93.8 Å². The summed E-state index contributed by atoms with van der Waals surface area (Å²) in [6.07, 6.45) is 0. The van der Waals surface area contributed by atoms with Crippen LogP contribution in [0.1, 0.15) is 6.92 Å². The van der Waals surface area contributed by atoms with Crippen molar-refractivity contribution in [2.75, 3.05) is 25.9 Å². The average molecular weight is 226 g/mol. The molecule has 1 amide bonds. The van der Waals surface area contributed by atoms with Crippen molar-refractivity contribution in [3.8, 4) is 5.75 Å². The van der Waals surface area contributed by atoms with Crippen molar-refractivity contribution in [1.29, 1.82) is 0 Å².